The van der Waals surface area contributed by atoms with Crippen molar-refractivity contribution >= 4 is 23.2 Å². The smallest absolute Gasteiger partial charge is 0.265 e. The molecule has 1 aromatic carbocycles. The number of benzene rings is 1. The van der Waals surface area contributed by atoms with Crippen LogP contribution in [0.2, 0.25) is 0 Å². The van der Waals surface area contributed by atoms with Crippen LogP contribution in [-0.4, -0.2) is 25.0 Å². The van der Waals surface area contributed by atoms with E-state index in [9.17, 15) is 9.59 Å². The summed E-state index contributed by atoms with van der Waals surface area (Å²) in [6.45, 7) is 6.92. The Morgan fingerprint density at radius 3 is 2.83 bits per heavy atom. The summed E-state index contributed by atoms with van der Waals surface area (Å²) < 4.78 is 5.49. The summed E-state index contributed by atoms with van der Waals surface area (Å²) in [5, 5.41) is 2.89. The maximum absolute atomic E-state index is 12.1. The summed E-state index contributed by atoms with van der Waals surface area (Å²) in [6, 6.07) is 5.47. The van der Waals surface area contributed by atoms with Crippen molar-refractivity contribution in [1.29, 1.82) is 0 Å². The summed E-state index contributed by atoms with van der Waals surface area (Å²) in [7, 11) is 0. The summed E-state index contributed by atoms with van der Waals surface area (Å²) in [6.07, 6.45) is 3.64. The van der Waals surface area contributed by atoms with Gasteiger partial charge in [0.2, 0.25) is 5.91 Å². The quantitative estimate of drug-likeness (QED) is 0.782. The molecule has 2 rings (SSSR count). The molecular weight excluding hydrogens is 292 g/mol. The van der Waals surface area contributed by atoms with Crippen LogP contribution in [0.5, 0.6) is 5.75 Å². The summed E-state index contributed by atoms with van der Waals surface area (Å²) in [5.74, 6) is 0.964. The average Bonchev–Trinajstić information content (AvgIpc) is 2.49. The summed E-state index contributed by atoms with van der Waals surface area (Å²) in [4.78, 5) is 25.8. The number of rotatable bonds is 7. The van der Waals surface area contributed by atoms with Crippen LogP contribution in [0, 0.1) is 5.92 Å². The Labute approximate surface area is 138 Å². The molecular formula is C18H26N2O3. The predicted molar refractivity (Wildman–Crippen MR) is 91.9 cm³/mol. The molecule has 1 aliphatic rings. The normalized spacial score (nSPS) is 13.7. The second-order valence-electron chi connectivity index (χ2n) is 6.37. The maximum Gasteiger partial charge on any atom is 0.265 e. The van der Waals surface area contributed by atoms with Gasteiger partial charge in [-0.3, -0.25) is 9.59 Å². The Morgan fingerprint density at radius 1 is 1.35 bits per heavy atom. The lowest BCUT2D eigenvalue weighted by Gasteiger charge is -2.30. The molecule has 23 heavy (non-hydrogen) atoms. The van der Waals surface area contributed by atoms with E-state index < -0.39 is 0 Å². The number of hydrogen-bond donors (Lipinski definition) is 1. The lowest BCUT2D eigenvalue weighted by molar-refractivity contribution is -0.121. The van der Waals surface area contributed by atoms with Gasteiger partial charge in [0.1, 0.15) is 5.75 Å². The number of ether oxygens (including phenoxy) is 1. The number of anilines is 2. The Kier molecular flexibility index (Phi) is 6.02. The average molecular weight is 318 g/mol. The fraction of sp³-hybridized carbons (Fsp3) is 0.556. The molecule has 0 aliphatic carbocycles. The second kappa shape index (κ2) is 7.99. The first kappa shape index (κ1) is 17.3. The third-order valence-electron chi connectivity index (χ3n) is 3.76. The van der Waals surface area contributed by atoms with Crippen LogP contribution in [0.25, 0.3) is 0 Å². The lowest BCUT2D eigenvalue weighted by atomic mass is 10.1. The SMILES string of the molecule is CCCCCN1C(=O)COc2ccc(NC(=O)CC(C)C)cc21. The number of fused-ring (bicyclic) bond motifs is 1. The molecule has 0 spiro atoms. The van der Waals surface area contributed by atoms with Crippen LogP contribution < -0.4 is 15.0 Å². The minimum atomic E-state index is -0.0285. The molecule has 5 nitrogen and oxygen atoms in total. The van der Waals surface area contributed by atoms with Crippen molar-refractivity contribution in [3.05, 3.63) is 18.2 Å². The van der Waals surface area contributed by atoms with Gasteiger partial charge in [-0.2, -0.15) is 0 Å². The van der Waals surface area contributed by atoms with Crippen LogP contribution in [0.15, 0.2) is 18.2 Å². The topological polar surface area (TPSA) is 58.6 Å². The highest BCUT2D eigenvalue weighted by Crippen LogP contribution is 2.34. The van der Waals surface area contributed by atoms with Crippen molar-refractivity contribution < 1.29 is 14.3 Å². The molecule has 2 amide bonds. The van der Waals surface area contributed by atoms with Gasteiger partial charge in [-0.1, -0.05) is 33.6 Å². The molecule has 0 saturated heterocycles. The van der Waals surface area contributed by atoms with Crippen LogP contribution in [-0.2, 0) is 9.59 Å². The van der Waals surface area contributed by atoms with Crippen LogP contribution >= 0.6 is 0 Å². The van der Waals surface area contributed by atoms with Crippen LogP contribution in [0.4, 0.5) is 11.4 Å². The van der Waals surface area contributed by atoms with Gasteiger partial charge in [-0.25, -0.2) is 0 Å². The minimum Gasteiger partial charge on any atom is -0.482 e. The van der Waals surface area contributed by atoms with E-state index in [1.54, 1.807) is 4.90 Å². The van der Waals surface area contributed by atoms with Gasteiger partial charge in [0.25, 0.3) is 5.91 Å². The molecule has 0 radical (unpaired) electrons. The first-order valence-corrected chi connectivity index (χ1v) is 8.38. The second-order valence-corrected chi connectivity index (χ2v) is 6.37. The van der Waals surface area contributed by atoms with E-state index >= 15 is 0 Å². The van der Waals surface area contributed by atoms with Crippen molar-refractivity contribution in [2.75, 3.05) is 23.4 Å². The molecule has 1 heterocycles. The molecule has 0 saturated carbocycles. The van der Waals surface area contributed by atoms with Gasteiger partial charge in [0.05, 0.1) is 5.69 Å². The zero-order valence-corrected chi connectivity index (χ0v) is 14.2. The van der Waals surface area contributed by atoms with Crippen molar-refractivity contribution in [2.45, 2.75) is 46.5 Å². The van der Waals surface area contributed by atoms with Crippen molar-refractivity contribution in [1.82, 2.24) is 0 Å². The van der Waals surface area contributed by atoms with E-state index in [0.717, 1.165) is 24.9 Å². The zero-order valence-electron chi connectivity index (χ0n) is 14.2. The molecule has 0 atom stereocenters. The third kappa shape index (κ3) is 4.71. The molecule has 1 N–H and O–H groups in total. The standard InChI is InChI=1S/C18H26N2O3/c1-4-5-6-9-20-15-11-14(19-17(21)10-13(2)3)7-8-16(15)23-12-18(20)22/h7-8,11,13H,4-6,9-10,12H2,1-3H3,(H,19,21). The third-order valence-corrected chi connectivity index (χ3v) is 3.76. The highest BCUT2D eigenvalue weighted by Gasteiger charge is 2.25. The van der Waals surface area contributed by atoms with Gasteiger partial charge in [-0.05, 0) is 30.5 Å². The molecule has 0 bridgehead atoms. The monoisotopic (exact) mass is 318 g/mol. The first-order chi connectivity index (χ1) is 11.0. The highest BCUT2D eigenvalue weighted by molar-refractivity contribution is 5.99. The number of hydrogen-bond acceptors (Lipinski definition) is 3. The number of nitrogens with one attached hydrogen (secondary N) is 1. The van der Waals surface area contributed by atoms with Crippen LogP contribution in [0.1, 0.15) is 46.5 Å². The van der Waals surface area contributed by atoms with Gasteiger partial charge in [0, 0.05) is 18.7 Å². The lowest BCUT2D eigenvalue weighted by Crippen LogP contribution is -2.39. The van der Waals surface area contributed by atoms with E-state index in [2.05, 4.69) is 12.2 Å². The van der Waals surface area contributed by atoms with Gasteiger partial charge >= 0.3 is 0 Å². The van der Waals surface area contributed by atoms with Crippen molar-refractivity contribution in [3.8, 4) is 5.75 Å². The van der Waals surface area contributed by atoms with E-state index in [-0.39, 0.29) is 18.4 Å². The number of carbonyl (C=O) groups is 2. The predicted octanol–water partition coefficient (Wildman–Crippen LogP) is 3.59. The first-order valence-electron chi connectivity index (χ1n) is 8.38. The summed E-state index contributed by atoms with van der Waals surface area (Å²) >= 11 is 0. The van der Waals surface area contributed by atoms with Gasteiger partial charge < -0.3 is 15.0 Å². The van der Waals surface area contributed by atoms with Crippen LogP contribution in [0.3, 0.4) is 0 Å². The number of unbranched alkanes of at least 4 members (excludes halogenated alkanes) is 2. The Bertz CT molecular complexity index is 569. The Balaban J connectivity index is 2.14. The number of amides is 2. The van der Waals surface area contributed by atoms with Crippen molar-refractivity contribution in [3.63, 3.8) is 0 Å². The molecule has 0 aromatic heterocycles. The van der Waals surface area contributed by atoms with E-state index in [1.807, 2.05) is 32.0 Å². The molecule has 5 heteroatoms. The fourth-order valence-electron chi connectivity index (χ4n) is 2.63. The molecule has 0 unspecified atom stereocenters. The summed E-state index contributed by atoms with van der Waals surface area (Å²) in [5.41, 5.74) is 1.45. The van der Waals surface area contributed by atoms with E-state index in [4.69, 9.17) is 4.74 Å². The Morgan fingerprint density at radius 2 is 2.13 bits per heavy atom. The maximum atomic E-state index is 12.1. The van der Waals surface area contributed by atoms with Gasteiger partial charge in [0.15, 0.2) is 6.61 Å². The number of nitrogens with zero attached hydrogens (tertiary/aromatic N) is 1. The van der Waals surface area contributed by atoms with E-state index in [0.29, 0.717) is 30.3 Å². The largest absolute Gasteiger partial charge is 0.482 e. The molecule has 0 fully saturated rings. The molecule has 1 aromatic rings. The minimum absolute atomic E-state index is 0.0134. The van der Waals surface area contributed by atoms with Gasteiger partial charge in [-0.15, -0.1) is 0 Å². The molecule has 1 aliphatic heterocycles. The fourth-order valence-corrected chi connectivity index (χ4v) is 2.63. The molecule has 126 valence electrons. The number of carbonyl (C=O) groups excluding carboxylic acids is 2. The zero-order chi connectivity index (χ0) is 16.8. The van der Waals surface area contributed by atoms with Crippen molar-refractivity contribution in [2.24, 2.45) is 5.92 Å². The highest BCUT2D eigenvalue weighted by atomic mass is 16.5. The van der Waals surface area contributed by atoms with E-state index in [1.165, 1.54) is 0 Å². The Hall–Kier alpha value is -2.04.